The Morgan fingerprint density at radius 1 is 0.967 bits per heavy atom. The molecule has 1 aromatic carbocycles. The van der Waals surface area contributed by atoms with E-state index in [0.29, 0.717) is 19.0 Å². The standard InChI is InChI=1S/C23H35N5O2/c1-3-24-23(28-15-13-26(14-16-28)19(2)29)25-18-22(30)27-11-9-21(10-12-27)17-20-7-5-4-6-8-20/h4-8,21H,3,9-18H2,1-2H3,(H,24,25). The van der Waals surface area contributed by atoms with Gasteiger partial charge in [0.1, 0.15) is 6.54 Å². The van der Waals surface area contributed by atoms with Crippen molar-refractivity contribution in [3.8, 4) is 0 Å². The van der Waals surface area contributed by atoms with Crippen LogP contribution < -0.4 is 5.32 Å². The molecule has 0 radical (unpaired) electrons. The first-order valence-electron chi connectivity index (χ1n) is 11.2. The quantitative estimate of drug-likeness (QED) is 0.588. The van der Waals surface area contributed by atoms with Crippen molar-refractivity contribution in [3.63, 3.8) is 0 Å². The first-order valence-corrected chi connectivity index (χ1v) is 11.2. The molecule has 1 aromatic rings. The zero-order chi connectivity index (χ0) is 21.3. The van der Waals surface area contributed by atoms with E-state index in [4.69, 9.17) is 0 Å². The van der Waals surface area contributed by atoms with E-state index in [1.807, 2.05) is 16.7 Å². The Morgan fingerprint density at radius 3 is 2.20 bits per heavy atom. The monoisotopic (exact) mass is 413 g/mol. The molecule has 0 unspecified atom stereocenters. The average Bonchev–Trinajstić information content (AvgIpc) is 2.77. The van der Waals surface area contributed by atoms with Crippen molar-refractivity contribution in [1.82, 2.24) is 20.0 Å². The molecule has 7 nitrogen and oxygen atoms in total. The van der Waals surface area contributed by atoms with Crippen LogP contribution in [0.3, 0.4) is 0 Å². The van der Waals surface area contributed by atoms with Crippen LogP contribution in [0.2, 0.25) is 0 Å². The topological polar surface area (TPSA) is 68.2 Å². The summed E-state index contributed by atoms with van der Waals surface area (Å²) in [6.45, 7) is 9.08. The van der Waals surface area contributed by atoms with Gasteiger partial charge in [0.15, 0.2) is 5.96 Å². The van der Waals surface area contributed by atoms with Gasteiger partial charge in [0.2, 0.25) is 11.8 Å². The zero-order valence-electron chi connectivity index (χ0n) is 18.3. The molecule has 7 heteroatoms. The van der Waals surface area contributed by atoms with Gasteiger partial charge in [-0.25, -0.2) is 4.99 Å². The number of nitrogens with zero attached hydrogens (tertiary/aromatic N) is 4. The molecule has 2 saturated heterocycles. The predicted octanol–water partition coefficient (Wildman–Crippen LogP) is 1.60. The Balaban J connectivity index is 1.47. The summed E-state index contributed by atoms with van der Waals surface area (Å²) in [4.78, 5) is 34.8. The van der Waals surface area contributed by atoms with Crippen LogP contribution in [0.1, 0.15) is 32.3 Å². The molecular formula is C23H35N5O2. The van der Waals surface area contributed by atoms with Crippen molar-refractivity contribution in [2.75, 3.05) is 52.4 Å². The van der Waals surface area contributed by atoms with Crippen LogP contribution in [-0.2, 0) is 16.0 Å². The highest BCUT2D eigenvalue weighted by atomic mass is 16.2. The third-order valence-electron chi connectivity index (χ3n) is 6.06. The molecule has 2 heterocycles. The highest BCUT2D eigenvalue weighted by Gasteiger charge is 2.24. The average molecular weight is 414 g/mol. The van der Waals surface area contributed by atoms with Crippen molar-refractivity contribution < 1.29 is 9.59 Å². The lowest BCUT2D eigenvalue weighted by molar-refractivity contribution is -0.131. The highest BCUT2D eigenvalue weighted by molar-refractivity contribution is 5.85. The second-order valence-electron chi connectivity index (χ2n) is 8.18. The summed E-state index contributed by atoms with van der Waals surface area (Å²) in [6.07, 6.45) is 3.20. The number of piperazine rings is 1. The van der Waals surface area contributed by atoms with Gasteiger partial charge in [0.25, 0.3) is 0 Å². The summed E-state index contributed by atoms with van der Waals surface area (Å²) < 4.78 is 0. The number of amides is 2. The van der Waals surface area contributed by atoms with E-state index in [9.17, 15) is 9.59 Å². The van der Waals surface area contributed by atoms with E-state index in [1.54, 1.807) is 6.92 Å². The van der Waals surface area contributed by atoms with Gasteiger partial charge in [0, 0.05) is 52.7 Å². The summed E-state index contributed by atoms with van der Waals surface area (Å²) in [5, 5.41) is 3.29. The van der Waals surface area contributed by atoms with Gasteiger partial charge in [-0.1, -0.05) is 30.3 Å². The Labute approximate surface area is 180 Å². The minimum absolute atomic E-state index is 0.103. The fourth-order valence-electron chi connectivity index (χ4n) is 4.24. The van der Waals surface area contributed by atoms with Crippen molar-refractivity contribution in [2.24, 2.45) is 10.9 Å². The number of nitrogens with one attached hydrogen (secondary N) is 1. The first kappa shape index (κ1) is 22.1. The maximum atomic E-state index is 12.7. The molecule has 2 aliphatic heterocycles. The molecule has 2 amide bonds. The largest absolute Gasteiger partial charge is 0.357 e. The van der Waals surface area contributed by atoms with E-state index < -0.39 is 0 Å². The molecule has 0 saturated carbocycles. The number of aliphatic imine (C=N–C) groups is 1. The summed E-state index contributed by atoms with van der Waals surface area (Å²) in [5.74, 6) is 1.64. The summed E-state index contributed by atoms with van der Waals surface area (Å²) in [6, 6.07) is 10.6. The lowest BCUT2D eigenvalue weighted by Gasteiger charge is -2.36. The molecule has 164 valence electrons. The van der Waals surface area contributed by atoms with Gasteiger partial charge < -0.3 is 20.0 Å². The first-order chi connectivity index (χ1) is 14.6. The zero-order valence-corrected chi connectivity index (χ0v) is 18.3. The van der Waals surface area contributed by atoms with Crippen LogP contribution in [0.25, 0.3) is 0 Å². The normalized spacial score (nSPS) is 18.5. The second-order valence-corrected chi connectivity index (χ2v) is 8.18. The maximum absolute atomic E-state index is 12.7. The van der Waals surface area contributed by atoms with E-state index in [1.165, 1.54) is 5.56 Å². The van der Waals surface area contributed by atoms with E-state index in [2.05, 4.69) is 45.5 Å². The Kier molecular flexibility index (Phi) is 8.11. The number of rotatable bonds is 5. The Morgan fingerprint density at radius 2 is 1.60 bits per heavy atom. The number of piperidine rings is 1. The van der Waals surface area contributed by atoms with Crippen LogP contribution in [-0.4, -0.2) is 84.8 Å². The lowest BCUT2D eigenvalue weighted by atomic mass is 9.90. The minimum Gasteiger partial charge on any atom is -0.357 e. The van der Waals surface area contributed by atoms with Crippen molar-refractivity contribution in [3.05, 3.63) is 35.9 Å². The highest BCUT2D eigenvalue weighted by Crippen LogP contribution is 2.21. The third-order valence-corrected chi connectivity index (χ3v) is 6.06. The van der Waals surface area contributed by atoms with E-state index in [-0.39, 0.29) is 18.4 Å². The number of benzene rings is 1. The van der Waals surface area contributed by atoms with E-state index >= 15 is 0 Å². The van der Waals surface area contributed by atoms with Gasteiger partial charge in [-0.15, -0.1) is 0 Å². The maximum Gasteiger partial charge on any atom is 0.244 e. The van der Waals surface area contributed by atoms with Crippen molar-refractivity contribution >= 4 is 17.8 Å². The molecule has 1 N–H and O–H groups in total. The molecule has 0 aromatic heterocycles. The minimum atomic E-state index is 0.103. The van der Waals surface area contributed by atoms with Gasteiger partial charge >= 0.3 is 0 Å². The molecule has 2 fully saturated rings. The van der Waals surface area contributed by atoms with Gasteiger partial charge in [0.05, 0.1) is 0 Å². The molecule has 3 rings (SSSR count). The molecule has 0 atom stereocenters. The number of guanidine groups is 1. The third kappa shape index (κ3) is 6.21. The van der Waals surface area contributed by atoms with Crippen molar-refractivity contribution in [1.29, 1.82) is 0 Å². The van der Waals surface area contributed by atoms with E-state index in [0.717, 1.165) is 57.9 Å². The summed E-state index contributed by atoms with van der Waals surface area (Å²) >= 11 is 0. The van der Waals surface area contributed by atoms with Crippen LogP contribution in [0.4, 0.5) is 0 Å². The fourth-order valence-corrected chi connectivity index (χ4v) is 4.24. The molecule has 0 aliphatic carbocycles. The molecule has 0 bridgehead atoms. The van der Waals surface area contributed by atoms with Crippen LogP contribution in [0.15, 0.2) is 35.3 Å². The number of carbonyl (C=O) groups is 2. The van der Waals surface area contributed by atoms with Crippen LogP contribution in [0, 0.1) is 5.92 Å². The Bertz CT molecular complexity index is 720. The number of carbonyl (C=O) groups excluding carboxylic acids is 2. The Hall–Kier alpha value is -2.57. The van der Waals surface area contributed by atoms with Gasteiger partial charge in [-0.05, 0) is 37.7 Å². The van der Waals surface area contributed by atoms with Crippen LogP contribution >= 0.6 is 0 Å². The summed E-state index contributed by atoms with van der Waals surface area (Å²) in [7, 11) is 0. The number of hydrogen-bond acceptors (Lipinski definition) is 3. The lowest BCUT2D eigenvalue weighted by Crippen LogP contribution is -2.53. The molecular weight excluding hydrogens is 378 g/mol. The fraction of sp³-hybridized carbons (Fsp3) is 0.609. The van der Waals surface area contributed by atoms with Gasteiger partial charge in [-0.2, -0.15) is 0 Å². The van der Waals surface area contributed by atoms with Crippen LogP contribution in [0.5, 0.6) is 0 Å². The smallest absolute Gasteiger partial charge is 0.244 e. The molecule has 30 heavy (non-hydrogen) atoms. The predicted molar refractivity (Wildman–Crippen MR) is 119 cm³/mol. The summed E-state index contributed by atoms with van der Waals surface area (Å²) in [5.41, 5.74) is 1.38. The number of likely N-dealkylation sites (tertiary alicyclic amines) is 1. The second kappa shape index (κ2) is 11.0. The SMILES string of the molecule is CCNC(=NCC(=O)N1CCC(Cc2ccccc2)CC1)N1CCN(C(C)=O)CC1. The van der Waals surface area contributed by atoms with Crippen molar-refractivity contribution in [2.45, 2.75) is 33.1 Å². The molecule has 2 aliphatic rings. The molecule has 0 spiro atoms. The number of hydrogen-bond donors (Lipinski definition) is 1. The van der Waals surface area contributed by atoms with Gasteiger partial charge in [-0.3, -0.25) is 9.59 Å².